The fraction of sp³-hybridized carbons (Fsp3) is 0.407. The molecule has 2 aliphatic rings. The van der Waals surface area contributed by atoms with Gasteiger partial charge in [-0.1, -0.05) is 62.1 Å². The molecule has 2 fully saturated rings. The van der Waals surface area contributed by atoms with Crippen LogP contribution in [0.1, 0.15) is 80.8 Å². The Morgan fingerprint density at radius 1 is 0.750 bits per heavy atom. The largest absolute Gasteiger partial charge is 0.234 e. The van der Waals surface area contributed by atoms with E-state index >= 15 is 0 Å². The van der Waals surface area contributed by atoms with Crippen LogP contribution in [0.5, 0.6) is 0 Å². The lowest BCUT2D eigenvalue weighted by molar-refractivity contribution is 0.438. The van der Waals surface area contributed by atoms with Gasteiger partial charge in [0.15, 0.2) is 0 Å². The smallest absolute Gasteiger partial charge is 0.124 e. The highest BCUT2D eigenvalue weighted by Gasteiger charge is 2.29. The lowest BCUT2D eigenvalue weighted by Crippen LogP contribution is -2.15. The summed E-state index contributed by atoms with van der Waals surface area (Å²) in [7, 11) is 0. The minimum Gasteiger partial charge on any atom is -0.234 e. The van der Waals surface area contributed by atoms with E-state index in [-0.39, 0.29) is 5.92 Å². The van der Waals surface area contributed by atoms with Crippen molar-refractivity contribution in [3.05, 3.63) is 65.2 Å². The van der Waals surface area contributed by atoms with E-state index in [0.717, 1.165) is 24.8 Å². The van der Waals surface area contributed by atoms with Gasteiger partial charge in [-0.3, -0.25) is 0 Å². The van der Waals surface area contributed by atoms with Crippen LogP contribution in [0.25, 0.3) is 21.5 Å². The average molecular weight is 369 g/mol. The molecule has 0 spiro atoms. The maximum Gasteiger partial charge on any atom is 0.124 e. The molecule has 2 saturated carbocycles. The van der Waals surface area contributed by atoms with Crippen LogP contribution in [0, 0.1) is 0 Å². The molecule has 0 bridgehead atoms. The Hall–Kier alpha value is -2.37. The fourth-order valence-electron chi connectivity index (χ4n) is 5.67. The van der Waals surface area contributed by atoms with E-state index in [9.17, 15) is 4.79 Å². The first-order chi connectivity index (χ1) is 13.8. The Morgan fingerprint density at radius 3 is 2.29 bits per heavy atom. The summed E-state index contributed by atoms with van der Waals surface area (Å²) in [6.07, 6.45) is 11.0. The molecule has 28 heavy (non-hydrogen) atoms. The van der Waals surface area contributed by atoms with Crippen LogP contribution < -0.4 is 0 Å². The molecule has 0 radical (unpaired) electrons. The summed E-state index contributed by atoms with van der Waals surface area (Å²) in [6, 6.07) is 18.1. The molecule has 0 aromatic heterocycles. The fourth-order valence-corrected chi connectivity index (χ4v) is 5.67. The number of benzene rings is 3. The number of hydrogen-bond donors (Lipinski definition) is 0. The molecule has 0 amide bonds. The van der Waals surface area contributed by atoms with Crippen LogP contribution in [0.4, 0.5) is 0 Å². The van der Waals surface area contributed by atoms with Crippen molar-refractivity contribution in [3.63, 3.8) is 0 Å². The van der Waals surface area contributed by atoms with Crippen LogP contribution in [0.2, 0.25) is 0 Å². The van der Waals surface area contributed by atoms with Crippen molar-refractivity contribution in [2.45, 2.75) is 69.6 Å². The van der Waals surface area contributed by atoms with Crippen molar-refractivity contribution < 1.29 is 4.79 Å². The molecule has 1 atom stereocenters. The SMILES string of the molecule is O=C=C1CCCCC1c1c(C2CCCCC2)ccc2cc3ccccc3cc12. The molecule has 1 nitrogen and oxygen atoms in total. The van der Waals surface area contributed by atoms with Gasteiger partial charge in [-0.05, 0) is 82.8 Å². The standard InChI is InChI=1S/C27H28O/c28-18-23-12-6-7-13-24(23)27-25(19-8-2-1-3-9-19)15-14-22-16-20-10-4-5-11-21(20)17-26(22)27/h4-5,10-11,14-17,19,24H,1-3,6-9,12-13H2. The van der Waals surface area contributed by atoms with Gasteiger partial charge in [-0.15, -0.1) is 0 Å². The summed E-state index contributed by atoms with van der Waals surface area (Å²) in [5.41, 5.74) is 3.97. The van der Waals surface area contributed by atoms with Crippen molar-refractivity contribution >= 4 is 27.5 Å². The Balaban J connectivity index is 1.78. The molecular formula is C27H28O. The van der Waals surface area contributed by atoms with Crippen LogP contribution in [0.3, 0.4) is 0 Å². The third-order valence-electron chi connectivity index (χ3n) is 7.10. The zero-order valence-electron chi connectivity index (χ0n) is 16.5. The number of allylic oxidation sites excluding steroid dienone is 1. The summed E-state index contributed by atoms with van der Waals surface area (Å²) < 4.78 is 0. The van der Waals surface area contributed by atoms with E-state index in [1.165, 1.54) is 71.2 Å². The molecule has 3 aromatic carbocycles. The Labute approximate surface area is 167 Å². The highest BCUT2D eigenvalue weighted by Crippen LogP contribution is 2.46. The molecule has 0 saturated heterocycles. The summed E-state index contributed by atoms with van der Waals surface area (Å²) >= 11 is 0. The number of hydrogen-bond acceptors (Lipinski definition) is 1. The first kappa shape index (κ1) is 17.7. The molecule has 0 heterocycles. The number of rotatable bonds is 2. The van der Waals surface area contributed by atoms with Gasteiger partial charge >= 0.3 is 0 Å². The van der Waals surface area contributed by atoms with Gasteiger partial charge < -0.3 is 0 Å². The van der Waals surface area contributed by atoms with E-state index in [0.29, 0.717) is 5.92 Å². The zero-order valence-corrected chi connectivity index (χ0v) is 16.5. The van der Waals surface area contributed by atoms with Crippen molar-refractivity contribution in [1.29, 1.82) is 0 Å². The minimum atomic E-state index is 0.257. The van der Waals surface area contributed by atoms with E-state index < -0.39 is 0 Å². The number of carbonyl (C=O) groups excluding carboxylic acids is 1. The highest BCUT2D eigenvalue weighted by atomic mass is 16.1. The summed E-state index contributed by atoms with van der Waals surface area (Å²) in [5.74, 6) is 3.26. The van der Waals surface area contributed by atoms with Crippen LogP contribution >= 0.6 is 0 Å². The molecule has 5 rings (SSSR count). The maximum absolute atomic E-state index is 11.8. The Bertz CT molecular complexity index is 1060. The lowest BCUT2D eigenvalue weighted by Gasteiger charge is -2.31. The molecule has 0 aliphatic heterocycles. The summed E-state index contributed by atoms with van der Waals surface area (Å²) in [6.45, 7) is 0. The average Bonchev–Trinajstić information content (AvgIpc) is 2.77. The predicted molar refractivity (Wildman–Crippen MR) is 118 cm³/mol. The van der Waals surface area contributed by atoms with E-state index in [1.807, 2.05) is 0 Å². The van der Waals surface area contributed by atoms with E-state index in [2.05, 4.69) is 54.5 Å². The molecule has 1 heteroatoms. The van der Waals surface area contributed by atoms with Gasteiger partial charge in [-0.2, -0.15) is 0 Å². The van der Waals surface area contributed by atoms with Gasteiger partial charge in [-0.25, -0.2) is 4.79 Å². The third-order valence-corrected chi connectivity index (χ3v) is 7.10. The molecule has 1 unspecified atom stereocenters. The van der Waals surface area contributed by atoms with Crippen LogP contribution in [-0.4, -0.2) is 5.94 Å². The van der Waals surface area contributed by atoms with Crippen molar-refractivity contribution in [2.24, 2.45) is 0 Å². The van der Waals surface area contributed by atoms with Gasteiger partial charge in [0.25, 0.3) is 0 Å². The predicted octanol–water partition coefficient (Wildman–Crippen LogP) is 7.46. The quantitative estimate of drug-likeness (QED) is 0.339. The summed E-state index contributed by atoms with van der Waals surface area (Å²) in [5, 5.41) is 5.26. The number of fused-ring (bicyclic) bond motifs is 2. The first-order valence-corrected chi connectivity index (χ1v) is 11.0. The van der Waals surface area contributed by atoms with Crippen LogP contribution in [-0.2, 0) is 4.79 Å². The van der Waals surface area contributed by atoms with Gasteiger partial charge in [0.1, 0.15) is 5.94 Å². The normalized spacial score (nSPS) is 21.1. The topological polar surface area (TPSA) is 17.1 Å². The third kappa shape index (κ3) is 3.09. The van der Waals surface area contributed by atoms with Crippen molar-refractivity contribution in [3.8, 4) is 0 Å². The molecule has 0 N–H and O–H groups in total. The van der Waals surface area contributed by atoms with Gasteiger partial charge in [0, 0.05) is 11.5 Å². The van der Waals surface area contributed by atoms with Crippen molar-refractivity contribution in [1.82, 2.24) is 0 Å². The molecular weight excluding hydrogens is 340 g/mol. The summed E-state index contributed by atoms with van der Waals surface area (Å²) in [4.78, 5) is 11.8. The van der Waals surface area contributed by atoms with E-state index in [1.54, 1.807) is 0 Å². The molecule has 2 aliphatic carbocycles. The molecule has 142 valence electrons. The Kier molecular flexibility index (Phi) is 4.79. The minimum absolute atomic E-state index is 0.257. The van der Waals surface area contributed by atoms with Gasteiger partial charge in [0.2, 0.25) is 0 Å². The second-order valence-corrected chi connectivity index (χ2v) is 8.75. The van der Waals surface area contributed by atoms with E-state index in [4.69, 9.17) is 0 Å². The monoisotopic (exact) mass is 368 g/mol. The highest BCUT2D eigenvalue weighted by molar-refractivity contribution is 6.00. The van der Waals surface area contributed by atoms with Crippen molar-refractivity contribution in [2.75, 3.05) is 0 Å². The molecule has 3 aromatic rings. The lowest BCUT2D eigenvalue weighted by atomic mass is 9.72. The van der Waals surface area contributed by atoms with Gasteiger partial charge in [0.05, 0.1) is 0 Å². The maximum atomic E-state index is 11.8. The van der Waals surface area contributed by atoms with Crippen LogP contribution in [0.15, 0.2) is 54.1 Å². The zero-order chi connectivity index (χ0) is 18.9. The first-order valence-electron chi connectivity index (χ1n) is 11.0. The Morgan fingerprint density at radius 2 is 1.50 bits per heavy atom. The second kappa shape index (κ2) is 7.57. The second-order valence-electron chi connectivity index (χ2n) is 8.75.